The van der Waals surface area contributed by atoms with Crippen molar-refractivity contribution in [3.63, 3.8) is 0 Å². The molecule has 5 nitrogen and oxygen atoms in total. The third-order valence-electron chi connectivity index (χ3n) is 1.57. The fourth-order valence-corrected chi connectivity index (χ4v) is 0.850. The lowest BCUT2D eigenvalue weighted by molar-refractivity contribution is -0.139. The summed E-state index contributed by atoms with van der Waals surface area (Å²) in [7, 11) is 1.20. The highest BCUT2D eigenvalue weighted by molar-refractivity contribution is 5.94. The van der Waals surface area contributed by atoms with Crippen LogP contribution in [0.2, 0.25) is 0 Å². The molecule has 0 saturated carbocycles. The molecule has 0 aliphatic rings. The van der Waals surface area contributed by atoms with E-state index in [9.17, 15) is 14.0 Å². The third-order valence-corrected chi connectivity index (χ3v) is 1.57. The van der Waals surface area contributed by atoms with E-state index in [4.69, 9.17) is 0 Å². The Balaban J connectivity index is 2.58. The van der Waals surface area contributed by atoms with Crippen molar-refractivity contribution >= 4 is 11.9 Å². The number of esters is 1. The molecule has 1 amide bonds. The molecule has 1 heterocycles. The highest BCUT2D eigenvalue weighted by atomic mass is 19.1. The zero-order valence-electron chi connectivity index (χ0n) is 7.99. The molecule has 0 unspecified atom stereocenters. The fourth-order valence-electron chi connectivity index (χ4n) is 0.850. The minimum atomic E-state index is -0.749. The van der Waals surface area contributed by atoms with E-state index in [0.717, 1.165) is 6.07 Å². The van der Waals surface area contributed by atoms with Gasteiger partial charge in [-0.2, -0.15) is 4.39 Å². The molecule has 0 fully saturated rings. The summed E-state index contributed by atoms with van der Waals surface area (Å²) in [5.41, 5.74) is -0.0843. The number of pyridine rings is 1. The Bertz CT molecular complexity index is 381. The van der Waals surface area contributed by atoms with Crippen LogP contribution in [0.5, 0.6) is 0 Å². The summed E-state index contributed by atoms with van der Waals surface area (Å²) in [6.45, 7) is -0.270. The summed E-state index contributed by atoms with van der Waals surface area (Å²) in [4.78, 5) is 25.3. The molecule has 0 saturated heterocycles. The second-order valence-electron chi connectivity index (χ2n) is 2.60. The van der Waals surface area contributed by atoms with Gasteiger partial charge in [-0.05, 0) is 12.1 Å². The second kappa shape index (κ2) is 5.04. The van der Waals surface area contributed by atoms with Gasteiger partial charge in [0, 0.05) is 0 Å². The first kappa shape index (κ1) is 11.1. The van der Waals surface area contributed by atoms with Crippen molar-refractivity contribution in [2.45, 2.75) is 0 Å². The van der Waals surface area contributed by atoms with Crippen LogP contribution in [-0.4, -0.2) is 30.5 Å². The highest BCUT2D eigenvalue weighted by Crippen LogP contribution is 1.97. The normalized spacial score (nSPS) is 9.47. The minimum Gasteiger partial charge on any atom is -0.468 e. The Labute approximate surface area is 85.3 Å². The number of carbonyl (C=O) groups excluding carboxylic acids is 2. The van der Waals surface area contributed by atoms with Crippen LogP contribution in [0.25, 0.3) is 0 Å². The van der Waals surface area contributed by atoms with Gasteiger partial charge in [0.25, 0.3) is 5.91 Å². The molecule has 15 heavy (non-hydrogen) atoms. The Morgan fingerprint density at radius 2 is 2.27 bits per heavy atom. The number of ether oxygens (including phenoxy) is 1. The summed E-state index contributed by atoms with van der Waals surface area (Å²) in [5.74, 6) is -1.96. The second-order valence-corrected chi connectivity index (χ2v) is 2.60. The van der Waals surface area contributed by atoms with Crippen molar-refractivity contribution in [3.8, 4) is 0 Å². The van der Waals surface area contributed by atoms with E-state index < -0.39 is 17.8 Å². The number of amides is 1. The quantitative estimate of drug-likeness (QED) is 0.571. The van der Waals surface area contributed by atoms with E-state index in [1.54, 1.807) is 0 Å². The molecule has 0 spiro atoms. The number of rotatable bonds is 3. The molecule has 1 aromatic rings. The maximum atomic E-state index is 12.6. The molecule has 0 aliphatic heterocycles. The van der Waals surface area contributed by atoms with Gasteiger partial charge in [0.2, 0.25) is 5.95 Å². The summed E-state index contributed by atoms with van der Waals surface area (Å²) in [6.07, 6.45) is 0. The Hall–Kier alpha value is -1.98. The first-order valence-electron chi connectivity index (χ1n) is 4.11. The van der Waals surface area contributed by atoms with Gasteiger partial charge in [-0.1, -0.05) is 6.07 Å². The monoisotopic (exact) mass is 212 g/mol. The van der Waals surface area contributed by atoms with E-state index in [2.05, 4.69) is 15.0 Å². The molecule has 6 heteroatoms. The van der Waals surface area contributed by atoms with Gasteiger partial charge in [0.1, 0.15) is 12.2 Å². The van der Waals surface area contributed by atoms with Crippen molar-refractivity contribution in [1.29, 1.82) is 0 Å². The number of carbonyl (C=O) groups is 2. The number of methoxy groups -OCH3 is 1. The number of aromatic nitrogens is 1. The molecule has 1 aromatic heterocycles. The lowest BCUT2D eigenvalue weighted by atomic mass is 10.3. The van der Waals surface area contributed by atoms with Gasteiger partial charge in [-0.25, -0.2) is 4.98 Å². The number of halogens is 1. The van der Waals surface area contributed by atoms with Crippen LogP contribution >= 0.6 is 0 Å². The maximum absolute atomic E-state index is 12.6. The molecule has 80 valence electrons. The standard InChI is InChI=1S/C9H9FN2O3/c1-15-8(13)5-11-9(14)6-3-2-4-7(10)12-6/h2-4H,5H2,1H3,(H,11,14). The zero-order chi connectivity index (χ0) is 11.3. The van der Waals surface area contributed by atoms with Crippen molar-refractivity contribution in [1.82, 2.24) is 10.3 Å². The predicted molar refractivity (Wildman–Crippen MR) is 48.5 cm³/mol. The van der Waals surface area contributed by atoms with Gasteiger partial charge in [-0.3, -0.25) is 9.59 Å². The van der Waals surface area contributed by atoms with Gasteiger partial charge in [0.05, 0.1) is 7.11 Å². The Kier molecular flexibility index (Phi) is 3.73. The van der Waals surface area contributed by atoms with Crippen molar-refractivity contribution in [3.05, 3.63) is 29.8 Å². The largest absolute Gasteiger partial charge is 0.468 e. The van der Waals surface area contributed by atoms with Gasteiger partial charge < -0.3 is 10.1 Å². The van der Waals surface area contributed by atoms with Crippen LogP contribution < -0.4 is 5.32 Å². The number of hydrogen-bond acceptors (Lipinski definition) is 4. The zero-order valence-corrected chi connectivity index (χ0v) is 7.99. The van der Waals surface area contributed by atoms with Crippen LogP contribution in [0.3, 0.4) is 0 Å². The van der Waals surface area contributed by atoms with Crippen molar-refractivity contribution in [2.24, 2.45) is 0 Å². The SMILES string of the molecule is COC(=O)CNC(=O)c1cccc(F)n1. The first-order valence-corrected chi connectivity index (χ1v) is 4.11. The Morgan fingerprint density at radius 3 is 2.87 bits per heavy atom. The number of nitrogens with one attached hydrogen (secondary N) is 1. The van der Waals surface area contributed by atoms with E-state index in [1.165, 1.54) is 19.2 Å². The smallest absolute Gasteiger partial charge is 0.325 e. The summed E-state index contributed by atoms with van der Waals surface area (Å²) in [5, 5.41) is 2.23. The minimum absolute atomic E-state index is 0.0843. The molecule has 0 atom stereocenters. The molecule has 0 aliphatic carbocycles. The highest BCUT2D eigenvalue weighted by Gasteiger charge is 2.09. The predicted octanol–water partition coefficient (Wildman–Crippen LogP) is 0.123. The van der Waals surface area contributed by atoms with Gasteiger partial charge in [-0.15, -0.1) is 0 Å². The molecule has 0 radical (unpaired) electrons. The van der Waals surface area contributed by atoms with Crippen LogP contribution in [0, 0.1) is 5.95 Å². The molecule has 1 rings (SSSR count). The summed E-state index contributed by atoms with van der Waals surface area (Å²) in [6, 6.07) is 3.82. The Morgan fingerprint density at radius 1 is 1.53 bits per heavy atom. The summed E-state index contributed by atoms with van der Waals surface area (Å²) >= 11 is 0. The van der Waals surface area contributed by atoms with E-state index >= 15 is 0 Å². The van der Waals surface area contributed by atoms with Crippen molar-refractivity contribution in [2.75, 3.05) is 13.7 Å². The molecule has 0 aromatic carbocycles. The van der Waals surface area contributed by atoms with Crippen LogP contribution in [0.1, 0.15) is 10.5 Å². The average Bonchev–Trinajstić information content (AvgIpc) is 2.25. The molecule has 0 bridgehead atoms. The van der Waals surface area contributed by atoms with Gasteiger partial charge >= 0.3 is 5.97 Å². The maximum Gasteiger partial charge on any atom is 0.325 e. The topological polar surface area (TPSA) is 68.3 Å². The van der Waals surface area contributed by atoms with E-state index in [-0.39, 0.29) is 12.2 Å². The van der Waals surface area contributed by atoms with E-state index in [0.29, 0.717) is 0 Å². The van der Waals surface area contributed by atoms with Crippen molar-refractivity contribution < 1.29 is 18.7 Å². The lowest BCUT2D eigenvalue weighted by Crippen LogP contribution is -2.30. The van der Waals surface area contributed by atoms with Crippen LogP contribution in [0.4, 0.5) is 4.39 Å². The number of hydrogen-bond donors (Lipinski definition) is 1. The molecule has 1 N–H and O–H groups in total. The fraction of sp³-hybridized carbons (Fsp3) is 0.222. The van der Waals surface area contributed by atoms with Crippen LogP contribution in [0.15, 0.2) is 18.2 Å². The molecular formula is C9H9FN2O3. The van der Waals surface area contributed by atoms with Crippen LogP contribution in [-0.2, 0) is 9.53 Å². The first-order chi connectivity index (χ1) is 7.13. The van der Waals surface area contributed by atoms with Gasteiger partial charge in [0.15, 0.2) is 0 Å². The molecular weight excluding hydrogens is 203 g/mol. The lowest BCUT2D eigenvalue weighted by Gasteiger charge is -2.02. The van der Waals surface area contributed by atoms with E-state index in [1.807, 2.05) is 0 Å². The third kappa shape index (κ3) is 3.34. The average molecular weight is 212 g/mol. The number of nitrogens with zero attached hydrogens (tertiary/aromatic N) is 1. The summed E-state index contributed by atoms with van der Waals surface area (Å²) < 4.78 is 16.9.